The number of aliphatic hydroxyl groups excluding tert-OH is 1. The summed E-state index contributed by atoms with van der Waals surface area (Å²) in [5.41, 5.74) is -3.44. The lowest BCUT2D eigenvalue weighted by Crippen LogP contribution is -2.49. The fraction of sp³-hybridized carbons (Fsp3) is 0.350. The summed E-state index contributed by atoms with van der Waals surface area (Å²) in [5, 5.41) is 27.7. The molecule has 0 amide bonds. The second-order valence-corrected chi connectivity index (χ2v) is 11.7. The lowest BCUT2D eigenvalue weighted by Gasteiger charge is -2.26. The van der Waals surface area contributed by atoms with Crippen LogP contribution in [0.5, 0.6) is 0 Å². The molecular formula is C20H19F3N2O6S2. The smallest absolute Gasteiger partial charge is 0.393 e. The van der Waals surface area contributed by atoms with E-state index < -0.39 is 67.0 Å². The van der Waals surface area contributed by atoms with Crippen molar-refractivity contribution in [3.63, 3.8) is 0 Å². The SMILES string of the molecule is Cc1cc(C(F)(F)F)ccc1S(=O)(=O)N1C[C@H](S(=O)(=O)c2ccc(C#N)cc2)[C@](O)(CO)C1. The van der Waals surface area contributed by atoms with Crippen LogP contribution in [-0.2, 0) is 26.0 Å². The first kappa shape index (κ1) is 25.1. The van der Waals surface area contributed by atoms with Crippen LogP contribution in [0.2, 0.25) is 0 Å². The van der Waals surface area contributed by atoms with Gasteiger partial charge < -0.3 is 10.2 Å². The Hall–Kier alpha value is -2.50. The Balaban J connectivity index is 2.01. The number of β-amino-alcohol motifs (C(OH)–C–C–N with tert-alkyl or cyclic N) is 1. The topological polar surface area (TPSA) is 136 Å². The van der Waals surface area contributed by atoms with Crippen molar-refractivity contribution in [2.45, 2.75) is 33.7 Å². The van der Waals surface area contributed by atoms with Gasteiger partial charge in [0.1, 0.15) is 10.9 Å². The number of benzene rings is 2. The van der Waals surface area contributed by atoms with Crippen LogP contribution in [0.15, 0.2) is 52.3 Å². The Bertz CT molecular complexity index is 1320. The molecule has 2 atom stereocenters. The van der Waals surface area contributed by atoms with Crippen molar-refractivity contribution in [1.82, 2.24) is 4.31 Å². The van der Waals surface area contributed by atoms with E-state index in [1.165, 1.54) is 19.1 Å². The second kappa shape index (κ2) is 8.37. The number of hydrogen-bond donors (Lipinski definition) is 2. The number of aryl methyl sites for hydroxylation is 1. The third-order valence-corrected chi connectivity index (χ3v) is 9.74. The fourth-order valence-electron chi connectivity index (χ4n) is 3.69. The van der Waals surface area contributed by atoms with Crippen LogP contribution in [0.1, 0.15) is 16.7 Å². The molecule has 1 saturated heterocycles. The highest BCUT2D eigenvalue weighted by Crippen LogP contribution is 2.36. The molecule has 0 aliphatic carbocycles. The Kier molecular flexibility index (Phi) is 6.37. The van der Waals surface area contributed by atoms with Gasteiger partial charge in [-0.25, -0.2) is 16.8 Å². The highest BCUT2D eigenvalue weighted by molar-refractivity contribution is 7.92. The average Bonchev–Trinajstić information content (AvgIpc) is 3.12. The van der Waals surface area contributed by atoms with Gasteiger partial charge >= 0.3 is 6.18 Å². The van der Waals surface area contributed by atoms with Crippen LogP contribution in [-0.4, -0.2) is 61.9 Å². The van der Waals surface area contributed by atoms with Gasteiger partial charge in [0, 0.05) is 13.1 Å². The van der Waals surface area contributed by atoms with Crippen molar-refractivity contribution in [3.05, 3.63) is 59.2 Å². The zero-order chi connectivity index (χ0) is 24.8. The molecule has 8 nitrogen and oxygen atoms in total. The van der Waals surface area contributed by atoms with E-state index in [4.69, 9.17) is 5.26 Å². The zero-order valence-electron chi connectivity index (χ0n) is 17.1. The molecule has 2 aromatic rings. The molecular weight excluding hydrogens is 485 g/mol. The third kappa shape index (κ3) is 4.49. The van der Waals surface area contributed by atoms with E-state index in [-0.39, 0.29) is 16.0 Å². The molecule has 0 aromatic heterocycles. The molecule has 0 unspecified atom stereocenters. The lowest BCUT2D eigenvalue weighted by molar-refractivity contribution is -0.137. The second-order valence-electron chi connectivity index (χ2n) is 7.71. The van der Waals surface area contributed by atoms with Crippen LogP contribution in [0, 0.1) is 18.3 Å². The minimum Gasteiger partial charge on any atom is -0.393 e. The van der Waals surface area contributed by atoms with E-state index in [9.17, 15) is 40.2 Å². The number of alkyl halides is 3. The maximum atomic E-state index is 13.1. The summed E-state index contributed by atoms with van der Waals surface area (Å²) in [6, 6.07) is 8.58. The lowest BCUT2D eigenvalue weighted by atomic mass is 10.1. The molecule has 13 heteroatoms. The van der Waals surface area contributed by atoms with Gasteiger partial charge in [-0.15, -0.1) is 0 Å². The van der Waals surface area contributed by atoms with E-state index in [1.54, 1.807) is 0 Å². The van der Waals surface area contributed by atoms with Crippen LogP contribution < -0.4 is 0 Å². The van der Waals surface area contributed by atoms with E-state index in [0.717, 1.165) is 18.2 Å². The number of aliphatic hydroxyl groups is 2. The molecule has 1 aliphatic heterocycles. The summed E-state index contributed by atoms with van der Waals surface area (Å²) < 4.78 is 92.0. The molecule has 2 N–H and O–H groups in total. The Morgan fingerprint density at radius 2 is 1.76 bits per heavy atom. The summed E-state index contributed by atoms with van der Waals surface area (Å²) in [5.74, 6) is 0. The van der Waals surface area contributed by atoms with Crippen molar-refractivity contribution >= 4 is 19.9 Å². The number of halogens is 3. The first-order valence-electron chi connectivity index (χ1n) is 9.42. The van der Waals surface area contributed by atoms with Crippen LogP contribution in [0.3, 0.4) is 0 Å². The minimum atomic E-state index is -4.68. The molecule has 0 radical (unpaired) electrons. The van der Waals surface area contributed by atoms with Crippen LogP contribution >= 0.6 is 0 Å². The Morgan fingerprint density at radius 1 is 1.15 bits per heavy atom. The standard InChI is InChI=1S/C20H19F3N2O6S2/c1-13-8-15(20(21,22)23)4-7-17(13)33(30,31)25-10-18(19(27,11-25)12-26)32(28,29)16-5-2-14(9-24)3-6-16/h2-8,18,26-27H,10-12H2,1H3/t18-,19+/m0/s1. The quantitative estimate of drug-likeness (QED) is 0.629. The van der Waals surface area contributed by atoms with Crippen molar-refractivity contribution in [2.75, 3.05) is 19.7 Å². The normalized spacial score (nSPS) is 22.3. The van der Waals surface area contributed by atoms with Crippen molar-refractivity contribution in [1.29, 1.82) is 5.26 Å². The summed E-state index contributed by atoms with van der Waals surface area (Å²) in [6.45, 7) is -1.43. The number of hydrogen-bond acceptors (Lipinski definition) is 7. The van der Waals surface area contributed by atoms with Gasteiger partial charge in [0.15, 0.2) is 9.84 Å². The number of sulfonamides is 1. The number of rotatable bonds is 5. The van der Waals surface area contributed by atoms with Gasteiger partial charge in [-0.05, 0) is 55.0 Å². The highest BCUT2D eigenvalue weighted by atomic mass is 32.2. The number of sulfone groups is 1. The molecule has 1 heterocycles. The first-order valence-corrected chi connectivity index (χ1v) is 12.4. The maximum absolute atomic E-state index is 13.1. The monoisotopic (exact) mass is 504 g/mol. The molecule has 33 heavy (non-hydrogen) atoms. The van der Waals surface area contributed by atoms with E-state index >= 15 is 0 Å². The summed E-state index contributed by atoms with van der Waals surface area (Å²) in [6.07, 6.45) is -4.68. The van der Waals surface area contributed by atoms with Crippen molar-refractivity contribution in [3.8, 4) is 6.07 Å². The molecule has 3 rings (SSSR count). The third-order valence-electron chi connectivity index (χ3n) is 5.50. The molecule has 1 aliphatic rings. The fourth-order valence-corrected chi connectivity index (χ4v) is 7.45. The van der Waals surface area contributed by atoms with Gasteiger partial charge in [-0.1, -0.05) is 0 Å². The first-order chi connectivity index (χ1) is 15.2. The Labute approximate surface area is 188 Å². The largest absolute Gasteiger partial charge is 0.416 e. The number of nitriles is 1. The molecule has 0 bridgehead atoms. The summed E-state index contributed by atoms with van der Waals surface area (Å²) in [7, 11) is -8.88. The van der Waals surface area contributed by atoms with Gasteiger partial charge in [0.25, 0.3) is 0 Å². The van der Waals surface area contributed by atoms with E-state index in [2.05, 4.69) is 0 Å². The van der Waals surface area contributed by atoms with Crippen LogP contribution in [0.4, 0.5) is 13.2 Å². The van der Waals surface area contributed by atoms with Crippen molar-refractivity contribution < 1.29 is 40.2 Å². The predicted octanol–water partition coefficient (Wildman–Crippen LogP) is 1.46. The van der Waals surface area contributed by atoms with E-state index in [1.807, 2.05) is 6.07 Å². The minimum absolute atomic E-state index is 0.180. The summed E-state index contributed by atoms with van der Waals surface area (Å²) in [4.78, 5) is -0.768. The highest BCUT2D eigenvalue weighted by Gasteiger charge is 2.55. The zero-order valence-corrected chi connectivity index (χ0v) is 18.7. The van der Waals surface area contributed by atoms with E-state index in [0.29, 0.717) is 16.4 Å². The molecule has 0 spiro atoms. The van der Waals surface area contributed by atoms with Gasteiger partial charge in [-0.3, -0.25) is 0 Å². The van der Waals surface area contributed by atoms with Gasteiger partial charge in [-0.2, -0.15) is 22.7 Å². The Morgan fingerprint density at radius 3 is 2.24 bits per heavy atom. The summed E-state index contributed by atoms with van der Waals surface area (Å²) >= 11 is 0. The predicted molar refractivity (Wildman–Crippen MR) is 109 cm³/mol. The number of nitrogens with zero attached hydrogens (tertiary/aromatic N) is 2. The van der Waals surface area contributed by atoms with Gasteiger partial charge in [0.05, 0.1) is 33.6 Å². The molecule has 178 valence electrons. The molecule has 2 aromatic carbocycles. The average molecular weight is 505 g/mol. The van der Waals surface area contributed by atoms with Crippen molar-refractivity contribution in [2.24, 2.45) is 0 Å². The van der Waals surface area contributed by atoms with Gasteiger partial charge in [0.2, 0.25) is 10.0 Å². The molecule has 1 fully saturated rings. The maximum Gasteiger partial charge on any atom is 0.416 e. The molecule has 0 saturated carbocycles. The van der Waals surface area contributed by atoms with Crippen LogP contribution in [0.25, 0.3) is 0 Å².